The summed E-state index contributed by atoms with van der Waals surface area (Å²) in [5, 5.41) is 4.06. The van der Waals surface area contributed by atoms with Gasteiger partial charge in [0.1, 0.15) is 18.1 Å². The van der Waals surface area contributed by atoms with Gasteiger partial charge >= 0.3 is 0 Å². The van der Waals surface area contributed by atoms with E-state index in [2.05, 4.69) is 15.1 Å². The molecule has 128 valence electrons. The van der Waals surface area contributed by atoms with E-state index in [1.807, 2.05) is 24.3 Å². The molecule has 0 aliphatic carbocycles. The molecule has 7 nitrogen and oxygen atoms in total. The minimum Gasteiger partial charge on any atom is -0.497 e. The van der Waals surface area contributed by atoms with E-state index in [0.717, 1.165) is 29.0 Å². The van der Waals surface area contributed by atoms with Crippen LogP contribution in [-0.2, 0) is 6.42 Å². The number of hydrogen-bond acceptors (Lipinski definition) is 7. The molecular formula is C18H17N3O4. The van der Waals surface area contributed by atoms with Crippen LogP contribution in [-0.4, -0.2) is 36.0 Å². The quantitative estimate of drug-likeness (QED) is 0.723. The second-order valence-electron chi connectivity index (χ2n) is 5.73. The molecule has 1 aromatic carbocycles. The predicted molar refractivity (Wildman–Crippen MR) is 89.0 cm³/mol. The van der Waals surface area contributed by atoms with Gasteiger partial charge in [-0.3, -0.25) is 0 Å². The van der Waals surface area contributed by atoms with Crippen molar-refractivity contribution in [1.82, 2.24) is 15.1 Å². The first kappa shape index (κ1) is 15.4. The molecule has 3 aromatic rings. The Kier molecular flexibility index (Phi) is 3.97. The maximum absolute atomic E-state index is 5.84. The zero-order chi connectivity index (χ0) is 17.2. The number of fused-ring (bicyclic) bond motifs is 1. The highest BCUT2D eigenvalue weighted by Gasteiger charge is 2.26. The first-order valence-corrected chi connectivity index (χ1v) is 7.90. The van der Waals surface area contributed by atoms with E-state index >= 15 is 0 Å². The number of aromatic nitrogens is 3. The molecule has 7 heteroatoms. The van der Waals surface area contributed by atoms with Crippen LogP contribution in [0.1, 0.15) is 17.4 Å². The number of ether oxygens (including phenoxy) is 3. The molecule has 2 aromatic heterocycles. The summed E-state index contributed by atoms with van der Waals surface area (Å²) in [7, 11) is 3.21. The van der Waals surface area contributed by atoms with Crippen LogP contribution in [0.5, 0.6) is 17.4 Å². The van der Waals surface area contributed by atoms with Crippen LogP contribution in [0.15, 0.2) is 41.1 Å². The second kappa shape index (κ2) is 6.43. The Morgan fingerprint density at radius 1 is 1.12 bits per heavy atom. The molecule has 1 aliphatic heterocycles. The summed E-state index contributed by atoms with van der Waals surface area (Å²) in [6, 6.07) is 9.43. The minimum atomic E-state index is 0.0216. The summed E-state index contributed by atoms with van der Waals surface area (Å²) in [6.45, 7) is 0.489. The standard InChI is InChI=1S/C18H17N3O4/c1-22-14-5-3-11-7-13(10-24-15(11)8-14)18-20-17(21-25-18)12-4-6-16(23-2)19-9-12/h3-6,8-9,13H,7,10H2,1-2H3. The molecule has 1 aliphatic rings. The van der Waals surface area contributed by atoms with Crippen molar-refractivity contribution in [2.75, 3.05) is 20.8 Å². The Morgan fingerprint density at radius 2 is 2.04 bits per heavy atom. The van der Waals surface area contributed by atoms with Gasteiger partial charge in [-0.2, -0.15) is 4.98 Å². The molecule has 0 N–H and O–H groups in total. The number of pyridine rings is 1. The number of rotatable bonds is 4. The van der Waals surface area contributed by atoms with E-state index in [1.54, 1.807) is 26.5 Å². The first-order chi connectivity index (χ1) is 12.3. The van der Waals surface area contributed by atoms with Crippen molar-refractivity contribution in [3.05, 3.63) is 48.0 Å². The second-order valence-corrected chi connectivity index (χ2v) is 5.73. The van der Waals surface area contributed by atoms with Crippen molar-refractivity contribution < 1.29 is 18.7 Å². The van der Waals surface area contributed by atoms with Crippen molar-refractivity contribution in [1.29, 1.82) is 0 Å². The van der Waals surface area contributed by atoms with E-state index in [-0.39, 0.29) is 5.92 Å². The fourth-order valence-electron chi connectivity index (χ4n) is 2.79. The monoisotopic (exact) mass is 339 g/mol. The van der Waals surface area contributed by atoms with Gasteiger partial charge in [-0.25, -0.2) is 4.98 Å². The van der Waals surface area contributed by atoms with Gasteiger partial charge in [-0.1, -0.05) is 11.2 Å². The Labute approximate surface area is 144 Å². The van der Waals surface area contributed by atoms with Gasteiger partial charge < -0.3 is 18.7 Å². The SMILES string of the molecule is COc1ccc2c(c1)OCC(c1nc(-c3ccc(OC)nc3)no1)C2. The van der Waals surface area contributed by atoms with Crippen molar-refractivity contribution >= 4 is 0 Å². The molecule has 0 saturated carbocycles. The molecule has 0 saturated heterocycles. The van der Waals surface area contributed by atoms with Crippen molar-refractivity contribution in [3.8, 4) is 28.8 Å². The van der Waals surface area contributed by atoms with E-state index in [4.69, 9.17) is 18.7 Å². The number of hydrogen-bond donors (Lipinski definition) is 0. The number of benzene rings is 1. The van der Waals surface area contributed by atoms with Gasteiger partial charge in [-0.15, -0.1) is 0 Å². The topological polar surface area (TPSA) is 79.5 Å². The Bertz CT molecular complexity index is 876. The van der Waals surface area contributed by atoms with E-state index in [1.165, 1.54) is 0 Å². The van der Waals surface area contributed by atoms with E-state index in [9.17, 15) is 0 Å². The minimum absolute atomic E-state index is 0.0216. The molecule has 0 radical (unpaired) electrons. The molecular weight excluding hydrogens is 322 g/mol. The van der Waals surface area contributed by atoms with Crippen LogP contribution in [0.25, 0.3) is 11.4 Å². The van der Waals surface area contributed by atoms with Gasteiger partial charge in [-0.05, 0) is 24.1 Å². The summed E-state index contributed by atoms with van der Waals surface area (Å²) >= 11 is 0. The fourth-order valence-corrected chi connectivity index (χ4v) is 2.79. The van der Waals surface area contributed by atoms with Crippen LogP contribution in [0, 0.1) is 0 Å². The lowest BCUT2D eigenvalue weighted by molar-refractivity contribution is 0.229. The largest absolute Gasteiger partial charge is 0.497 e. The molecule has 3 heterocycles. The summed E-state index contributed by atoms with van der Waals surface area (Å²) in [5.41, 5.74) is 1.88. The molecule has 1 atom stereocenters. The van der Waals surface area contributed by atoms with Gasteiger partial charge in [0.2, 0.25) is 17.6 Å². The molecule has 0 amide bonds. The molecule has 0 spiro atoms. The average Bonchev–Trinajstić information content (AvgIpc) is 3.17. The first-order valence-electron chi connectivity index (χ1n) is 7.90. The highest BCUT2D eigenvalue weighted by atomic mass is 16.5. The third kappa shape index (κ3) is 3.00. The Balaban J connectivity index is 1.54. The molecule has 0 bridgehead atoms. The zero-order valence-electron chi connectivity index (χ0n) is 13.9. The molecule has 4 rings (SSSR count). The van der Waals surface area contributed by atoms with Crippen LogP contribution in [0.3, 0.4) is 0 Å². The average molecular weight is 339 g/mol. The lowest BCUT2D eigenvalue weighted by atomic mass is 9.96. The highest BCUT2D eigenvalue weighted by molar-refractivity contribution is 5.53. The van der Waals surface area contributed by atoms with Gasteiger partial charge in [0.15, 0.2) is 0 Å². The number of nitrogens with zero attached hydrogens (tertiary/aromatic N) is 3. The maximum atomic E-state index is 5.84. The third-order valence-electron chi connectivity index (χ3n) is 4.18. The lowest BCUT2D eigenvalue weighted by Crippen LogP contribution is -2.19. The summed E-state index contributed by atoms with van der Waals surface area (Å²) in [4.78, 5) is 8.66. The van der Waals surface area contributed by atoms with E-state index in [0.29, 0.717) is 24.2 Å². The Morgan fingerprint density at radius 3 is 2.80 bits per heavy atom. The highest BCUT2D eigenvalue weighted by Crippen LogP contribution is 2.34. The van der Waals surface area contributed by atoms with Gasteiger partial charge in [0.05, 0.1) is 20.1 Å². The van der Waals surface area contributed by atoms with Crippen molar-refractivity contribution in [3.63, 3.8) is 0 Å². The van der Waals surface area contributed by atoms with Gasteiger partial charge in [0.25, 0.3) is 0 Å². The third-order valence-corrected chi connectivity index (χ3v) is 4.18. The van der Waals surface area contributed by atoms with Crippen LogP contribution < -0.4 is 14.2 Å². The summed E-state index contributed by atoms with van der Waals surface area (Å²) in [6.07, 6.45) is 2.44. The normalized spacial score (nSPS) is 16.0. The van der Waals surface area contributed by atoms with Crippen LogP contribution in [0.4, 0.5) is 0 Å². The molecule has 0 fully saturated rings. The van der Waals surface area contributed by atoms with Crippen LogP contribution in [0.2, 0.25) is 0 Å². The summed E-state index contributed by atoms with van der Waals surface area (Å²) < 4.78 is 21.6. The Hall–Kier alpha value is -3.09. The summed E-state index contributed by atoms with van der Waals surface area (Å²) in [5.74, 6) is 3.26. The zero-order valence-corrected chi connectivity index (χ0v) is 13.9. The predicted octanol–water partition coefficient (Wildman–Crippen LogP) is 2.87. The smallest absolute Gasteiger partial charge is 0.233 e. The fraction of sp³-hybridized carbons (Fsp3) is 0.278. The molecule has 1 unspecified atom stereocenters. The van der Waals surface area contributed by atoms with E-state index < -0.39 is 0 Å². The maximum Gasteiger partial charge on any atom is 0.233 e. The van der Waals surface area contributed by atoms with Crippen LogP contribution >= 0.6 is 0 Å². The number of methoxy groups -OCH3 is 2. The molecule has 25 heavy (non-hydrogen) atoms. The van der Waals surface area contributed by atoms with Crippen molar-refractivity contribution in [2.24, 2.45) is 0 Å². The van der Waals surface area contributed by atoms with Crippen molar-refractivity contribution in [2.45, 2.75) is 12.3 Å². The van der Waals surface area contributed by atoms with Gasteiger partial charge in [0, 0.05) is 23.9 Å². The lowest BCUT2D eigenvalue weighted by Gasteiger charge is -2.23.